The number of ether oxygens (including phenoxy) is 3. The van der Waals surface area contributed by atoms with E-state index in [0.29, 0.717) is 23.5 Å². The average Bonchev–Trinajstić information content (AvgIpc) is 3.59. The first kappa shape index (κ1) is 18.5. The number of benzene rings is 2. The number of hydrogen-bond acceptors (Lipinski definition) is 5. The van der Waals surface area contributed by atoms with Crippen molar-refractivity contribution in [2.45, 2.75) is 18.3 Å². The van der Waals surface area contributed by atoms with Crippen LogP contribution in [0.25, 0.3) is 0 Å². The van der Waals surface area contributed by atoms with Crippen LogP contribution in [0.5, 0.6) is 0 Å². The summed E-state index contributed by atoms with van der Waals surface area (Å²) in [6, 6.07) is 17.9. The Morgan fingerprint density at radius 2 is 1.50 bits per heavy atom. The second-order valence-corrected chi connectivity index (χ2v) is 6.12. The molecule has 2 fully saturated rings. The van der Waals surface area contributed by atoms with Gasteiger partial charge in [-0.05, 0) is 17.7 Å². The van der Waals surface area contributed by atoms with Gasteiger partial charge in [-0.1, -0.05) is 48.5 Å². The van der Waals surface area contributed by atoms with E-state index in [9.17, 15) is 9.90 Å². The summed E-state index contributed by atoms with van der Waals surface area (Å²) in [5, 5.41) is 12.5. The molecule has 26 heavy (non-hydrogen) atoms. The maximum absolute atomic E-state index is 11.8. The Labute approximate surface area is 152 Å². The topological polar surface area (TPSA) is 83.6 Å². The number of carbonyl (C=O) groups is 1. The van der Waals surface area contributed by atoms with Gasteiger partial charge in [-0.15, -0.1) is 0 Å². The minimum atomic E-state index is -1.14. The average molecular weight is 357 g/mol. The lowest BCUT2D eigenvalue weighted by atomic mass is 10.1. The van der Waals surface area contributed by atoms with Crippen LogP contribution in [0.15, 0.2) is 60.7 Å². The molecule has 2 aliphatic heterocycles. The fourth-order valence-corrected chi connectivity index (χ4v) is 2.18. The van der Waals surface area contributed by atoms with E-state index >= 15 is 0 Å². The van der Waals surface area contributed by atoms with Crippen molar-refractivity contribution < 1.29 is 24.1 Å². The third kappa shape index (κ3) is 6.57. The van der Waals surface area contributed by atoms with E-state index in [0.717, 1.165) is 26.4 Å². The molecule has 2 aromatic carbocycles. The van der Waals surface area contributed by atoms with Gasteiger partial charge in [0.1, 0.15) is 12.2 Å². The largest absolute Gasteiger partial charge is 0.378 e. The lowest BCUT2D eigenvalue weighted by molar-refractivity contribution is -0.124. The first-order valence-electron chi connectivity index (χ1n) is 8.62. The predicted octanol–water partition coefficient (Wildman–Crippen LogP) is 2.16. The molecule has 2 saturated heterocycles. The second-order valence-electron chi connectivity index (χ2n) is 6.12. The summed E-state index contributed by atoms with van der Waals surface area (Å²) in [6.07, 6.45) is -0.357. The van der Waals surface area contributed by atoms with Gasteiger partial charge in [-0.2, -0.15) is 0 Å². The zero-order valence-electron chi connectivity index (χ0n) is 14.4. The van der Waals surface area contributed by atoms with Crippen molar-refractivity contribution in [3.05, 3.63) is 66.2 Å². The van der Waals surface area contributed by atoms with Crippen LogP contribution in [-0.4, -0.2) is 49.6 Å². The minimum absolute atomic E-state index is 0.392. The zero-order chi connectivity index (χ0) is 18.2. The van der Waals surface area contributed by atoms with Crippen LogP contribution >= 0.6 is 0 Å². The van der Waals surface area contributed by atoms with Gasteiger partial charge in [0.2, 0.25) is 0 Å². The molecule has 3 unspecified atom stereocenters. The van der Waals surface area contributed by atoms with Crippen LogP contribution < -0.4 is 5.32 Å². The molecule has 0 aromatic heterocycles. The molecule has 2 aromatic rings. The SMILES string of the molecule is C(OCC1CO1)C1CO1.O=C(Nc1ccccc1)C(O)c1ccccc1. The highest BCUT2D eigenvalue weighted by atomic mass is 16.6. The number of anilines is 1. The highest BCUT2D eigenvalue weighted by Gasteiger charge is 2.26. The van der Waals surface area contributed by atoms with E-state index in [1.807, 2.05) is 24.3 Å². The molecule has 138 valence electrons. The summed E-state index contributed by atoms with van der Waals surface area (Å²) in [5.41, 5.74) is 1.26. The van der Waals surface area contributed by atoms with E-state index in [-0.39, 0.29) is 0 Å². The number of epoxide rings is 2. The van der Waals surface area contributed by atoms with Crippen molar-refractivity contribution in [3.63, 3.8) is 0 Å². The van der Waals surface area contributed by atoms with Crippen molar-refractivity contribution in [3.8, 4) is 0 Å². The van der Waals surface area contributed by atoms with Gasteiger partial charge >= 0.3 is 0 Å². The molecular weight excluding hydrogens is 334 g/mol. The number of nitrogens with one attached hydrogen (secondary N) is 1. The molecule has 1 amide bonds. The van der Waals surface area contributed by atoms with Gasteiger partial charge < -0.3 is 24.6 Å². The van der Waals surface area contributed by atoms with E-state index in [1.54, 1.807) is 36.4 Å². The number of aliphatic hydroxyl groups is 1. The summed E-state index contributed by atoms with van der Waals surface area (Å²) in [5.74, 6) is -0.428. The Morgan fingerprint density at radius 1 is 1.00 bits per heavy atom. The van der Waals surface area contributed by atoms with Gasteiger partial charge in [0.15, 0.2) is 6.10 Å². The summed E-state index contributed by atoms with van der Waals surface area (Å²) in [6.45, 7) is 3.26. The van der Waals surface area contributed by atoms with Gasteiger partial charge in [-0.3, -0.25) is 4.79 Å². The van der Waals surface area contributed by atoms with Crippen LogP contribution in [0.4, 0.5) is 5.69 Å². The van der Waals surface area contributed by atoms with Crippen LogP contribution in [0.2, 0.25) is 0 Å². The summed E-state index contributed by atoms with van der Waals surface area (Å²) in [7, 11) is 0. The molecular formula is C20H23NO5. The Hall–Kier alpha value is -2.25. The fourth-order valence-electron chi connectivity index (χ4n) is 2.18. The molecule has 0 radical (unpaired) electrons. The third-order valence-electron chi connectivity index (χ3n) is 3.82. The molecule has 0 aliphatic carbocycles. The summed E-state index contributed by atoms with van der Waals surface area (Å²) in [4.78, 5) is 11.8. The van der Waals surface area contributed by atoms with Crippen LogP contribution in [-0.2, 0) is 19.0 Å². The molecule has 0 spiro atoms. The van der Waals surface area contributed by atoms with Crippen LogP contribution in [0.1, 0.15) is 11.7 Å². The monoisotopic (exact) mass is 357 g/mol. The summed E-state index contributed by atoms with van der Waals surface area (Å²) < 4.78 is 15.1. The number of para-hydroxylation sites is 1. The van der Waals surface area contributed by atoms with Crippen molar-refractivity contribution in [2.24, 2.45) is 0 Å². The first-order chi connectivity index (χ1) is 12.7. The van der Waals surface area contributed by atoms with Crippen molar-refractivity contribution in [1.29, 1.82) is 0 Å². The second kappa shape index (κ2) is 9.45. The number of rotatable bonds is 7. The molecule has 2 N–H and O–H groups in total. The number of amides is 1. The van der Waals surface area contributed by atoms with E-state index < -0.39 is 12.0 Å². The van der Waals surface area contributed by atoms with Crippen LogP contribution in [0.3, 0.4) is 0 Å². The maximum atomic E-state index is 11.8. The molecule has 6 nitrogen and oxygen atoms in total. The van der Waals surface area contributed by atoms with E-state index in [2.05, 4.69) is 5.32 Å². The van der Waals surface area contributed by atoms with Gasteiger partial charge in [0.05, 0.1) is 26.4 Å². The fraction of sp³-hybridized carbons (Fsp3) is 0.350. The Morgan fingerprint density at radius 3 is 2.00 bits per heavy atom. The standard InChI is InChI=1S/C14H13NO2.C6H10O3/c16-13(11-7-3-1-4-8-11)14(17)15-12-9-5-2-6-10-12;1(5-3-8-5)7-2-6-4-9-6/h1-10,13,16H,(H,15,17);5-6H,1-4H2. The third-order valence-corrected chi connectivity index (χ3v) is 3.82. The normalized spacial score (nSPS) is 21.1. The Kier molecular flexibility index (Phi) is 6.74. The van der Waals surface area contributed by atoms with Crippen molar-refractivity contribution in [1.82, 2.24) is 0 Å². The lowest BCUT2D eigenvalue weighted by Gasteiger charge is -2.11. The molecule has 3 atom stereocenters. The van der Waals surface area contributed by atoms with E-state index in [4.69, 9.17) is 14.2 Å². The quantitative estimate of drug-likeness (QED) is 0.742. The predicted molar refractivity (Wildman–Crippen MR) is 96.8 cm³/mol. The van der Waals surface area contributed by atoms with Crippen molar-refractivity contribution in [2.75, 3.05) is 31.7 Å². The van der Waals surface area contributed by atoms with Gasteiger partial charge in [0, 0.05) is 5.69 Å². The Balaban J connectivity index is 0.000000181. The Bertz CT molecular complexity index is 659. The highest BCUT2D eigenvalue weighted by molar-refractivity contribution is 5.94. The number of aliphatic hydroxyl groups excluding tert-OH is 1. The first-order valence-corrected chi connectivity index (χ1v) is 8.62. The number of hydrogen-bond donors (Lipinski definition) is 2. The molecule has 0 saturated carbocycles. The summed E-state index contributed by atoms with van der Waals surface area (Å²) >= 11 is 0. The number of carbonyl (C=O) groups excluding carboxylic acids is 1. The van der Waals surface area contributed by atoms with E-state index in [1.165, 1.54) is 0 Å². The zero-order valence-corrected chi connectivity index (χ0v) is 14.4. The highest BCUT2D eigenvalue weighted by Crippen LogP contribution is 2.15. The molecule has 2 aliphatic rings. The van der Waals surface area contributed by atoms with Crippen molar-refractivity contribution >= 4 is 11.6 Å². The van der Waals surface area contributed by atoms with Gasteiger partial charge in [-0.25, -0.2) is 0 Å². The molecule has 6 heteroatoms. The minimum Gasteiger partial charge on any atom is -0.378 e. The lowest BCUT2D eigenvalue weighted by Crippen LogP contribution is -2.20. The molecule has 0 bridgehead atoms. The van der Waals surface area contributed by atoms with Gasteiger partial charge in [0.25, 0.3) is 5.91 Å². The molecule has 4 rings (SSSR count). The van der Waals surface area contributed by atoms with Crippen LogP contribution in [0, 0.1) is 0 Å². The molecule has 2 heterocycles. The smallest absolute Gasteiger partial charge is 0.257 e. The maximum Gasteiger partial charge on any atom is 0.257 e.